The molecule has 0 aliphatic carbocycles. The minimum absolute atomic E-state index is 0.0617. The zero-order valence-corrected chi connectivity index (χ0v) is 15.2. The monoisotopic (exact) mass is 407 g/mol. The second-order valence-corrected chi connectivity index (χ2v) is 6.65. The fourth-order valence-electron chi connectivity index (χ4n) is 3.17. The summed E-state index contributed by atoms with van der Waals surface area (Å²) in [4.78, 5) is 36.4. The molecular weight excluding hydrogens is 391 g/mol. The third kappa shape index (κ3) is 4.20. The first-order chi connectivity index (χ1) is 13.6. The molecule has 2 aromatic carbocycles. The Balaban J connectivity index is 1.76. The third-order valence-corrected chi connectivity index (χ3v) is 4.74. The van der Waals surface area contributed by atoms with Crippen LogP contribution in [0.25, 0.3) is 0 Å². The molecule has 7 nitrogen and oxygen atoms in total. The molecule has 2 aromatic rings. The van der Waals surface area contributed by atoms with Crippen molar-refractivity contribution in [3.05, 3.63) is 63.7 Å². The van der Waals surface area contributed by atoms with Crippen LogP contribution < -0.4 is 10.2 Å². The van der Waals surface area contributed by atoms with Gasteiger partial charge < -0.3 is 10.2 Å². The van der Waals surface area contributed by atoms with E-state index in [4.69, 9.17) is 0 Å². The lowest BCUT2D eigenvalue weighted by Crippen LogP contribution is -2.28. The molecule has 10 heteroatoms. The SMILES string of the molecule is Cc1c(NC(=O)[C@@H]2CC(=O)N(c3cccc(C(F)(F)F)c3)C2)cccc1[N+](=O)[O-]. The molecule has 1 fully saturated rings. The van der Waals surface area contributed by atoms with Crippen molar-refractivity contribution in [3.8, 4) is 0 Å². The summed E-state index contributed by atoms with van der Waals surface area (Å²) < 4.78 is 38.7. The number of nitro benzene ring substituents is 1. The number of carbonyl (C=O) groups is 2. The second-order valence-electron chi connectivity index (χ2n) is 6.65. The Morgan fingerprint density at radius 1 is 1.24 bits per heavy atom. The summed E-state index contributed by atoms with van der Waals surface area (Å²) >= 11 is 0. The van der Waals surface area contributed by atoms with Crippen LogP contribution in [0, 0.1) is 23.0 Å². The van der Waals surface area contributed by atoms with Crippen molar-refractivity contribution in [2.45, 2.75) is 19.5 Å². The molecule has 1 atom stereocenters. The van der Waals surface area contributed by atoms with Gasteiger partial charge in [0.05, 0.1) is 27.7 Å². The summed E-state index contributed by atoms with van der Waals surface area (Å²) in [7, 11) is 0. The van der Waals surface area contributed by atoms with E-state index in [0.29, 0.717) is 0 Å². The van der Waals surface area contributed by atoms with Crippen molar-refractivity contribution in [1.29, 1.82) is 0 Å². The van der Waals surface area contributed by atoms with Gasteiger partial charge in [0.1, 0.15) is 0 Å². The maximum Gasteiger partial charge on any atom is 0.416 e. The highest BCUT2D eigenvalue weighted by atomic mass is 19.4. The van der Waals surface area contributed by atoms with Crippen molar-refractivity contribution in [2.24, 2.45) is 5.92 Å². The van der Waals surface area contributed by atoms with Gasteiger partial charge >= 0.3 is 6.18 Å². The van der Waals surface area contributed by atoms with E-state index >= 15 is 0 Å². The van der Waals surface area contributed by atoms with Crippen LogP contribution in [0.4, 0.5) is 30.2 Å². The lowest BCUT2D eigenvalue weighted by atomic mass is 10.1. The number of nitro groups is 1. The van der Waals surface area contributed by atoms with Gasteiger partial charge in [-0.05, 0) is 31.2 Å². The van der Waals surface area contributed by atoms with Crippen molar-refractivity contribution in [3.63, 3.8) is 0 Å². The number of hydrogen-bond acceptors (Lipinski definition) is 4. The molecule has 1 aliphatic heterocycles. The van der Waals surface area contributed by atoms with Crippen LogP contribution in [-0.4, -0.2) is 23.3 Å². The first-order valence-corrected chi connectivity index (χ1v) is 8.60. The van der Waals surface area contributed by atoms with Crippen LogP contribution >= 0.6 is 0 Å². The van der Waals surface area contributed by atoms with Gasteiger partial charge in [-0.1, -0.05) is 12.1 Å². The number of nitrogens with one attached hydrogen (secondary N) is 1. The van der Waals surface area contributed by atoms with E-state index < -0.39 is 34.4 Å². The van der Waals surface area contributed by atoms with Crippen molar-refractivity contribution in [2.75, 3.05) is 16.8 Å². The topological polar surface area (TPSA) is 92.6 Å². The lowest BCUT2D eigenvalue weighted by Gasteiger charge is -2.18. The summed E-state index contributed by atoms with van der Waals surface area (Å²) in [6.45, 7) is 1.41. The third-order valence-electron chi connectivity index (χ3n) is 4.74. The van der Waals surface area contributed by atoms with Crippen molar-refractivity contribution >= 4 is 28.9 Å². The number of halogens is 3. The summed E-state index contributed by atoms with van der Waals surface area (Å²) in [5.74, 6) is -1.80. The van der Waals surface area contributed by atoms with Gasteiger partial charge in [0.15, 0.2) is 0 Å². The number of benzene rings is 2. The predicted molar refractivity (Wildman–Crippen MR) is 98.4 cm³/mol. The zero-order valence-electron chi connectivity index (χ0n) is 15.2. The number of amides is 2. The number of carbonyl (C=O) groups excluding carboxylic acids is 2. The number of anilines is 2. The van der Waals surface area contributed by atoms with Gasteiger partial charge in [-0.2, -0.15) is 13.2 Å². The fourth-order valence-corrected chi connectivity index (χ4v) is 3.17. The van der Waals surface area contributed by atoms with E-state index in [1.807, 2.05) is 0 Å². The Morgan fingerprint density at radius 3 is 2.59 bits per heavy atom. The summed E-state index contributed by atoms with van der Waals surface area (Å²) in [6.07, 6.45) is -4.72. The molecule has 1 N–H and O–H groups in total. The molecule has 2 amide bonds. The number of hydrogen-bond donors (Lipinski definition) is 1. The van der Waals surface area contributed by atoms with E-state index in [1.165, 1.54) is 37.3 Å². The largest absolute Gasteiger partial charge is 0.416 e. The molecule has 0 radical (unpaired) electrons. The molecule has 3 rings (SSSR count). The number of rotatable bonds is 4. The summed E-state index contributed by atoms with van der Waals surface area (Å²) in [5, 5.41) is 13.6. The van der Waals surface area contributed by atoms with Gasteiger partial charge in [-0.15, -0.1) is 0 Å². The van der Waals surface area contributed by atoms with Crippen molar-refractivity contribution in [1.82, 2.24) is 0 Å². The van der Waals surface area contributed by atoms with Gasteiger partial charge in [0, 0.05) is 24.7 Å². The minimum Gasteiger partial charge on any atom is -0.325 e. The van der Waals surface area contributed by atoms with Crippen LogP contribution in [0.2, 0.25) is 0 Å². The predicted octanol–water partition coefficient (Wildman–Crippen LogP) is 3.91. The highest BCUT2D eigenvalue weighted by Crippen LogP contribution is 2.34. The van der Waals surface area contributed by atoms with E-state index in [9.17, 15) is 32.9 Å². The summed E-state index contributed by atoms with van der Waals surface area (Å²) in [5.41, 5.74) is -0.468. The van der Waals surface area contributed by atoms with Gasteiger partial charge in [-0.3, -0.25) is 19.7 Å². The van der Waals surface area contributed by atoms with E-state index in [-0.39, 0.29) is 35.6 Å². The van der Waals surface area contributed by atoms with E-state index in [2.05, 4.69) is 5.32 Å². The minimum atomic E-state index is -4.55. The molecular formula is C19H16F3N3O4. The van der Waals surface area contributed by atoms with Crippen molar-refractivity contribution < 1.29 is 27.7 Å². The second kappa shape index (κ2) is 7.53. The van der Waals surface area contributed by atoms with Crippen LogP contribution in [0.5, 0.6) is 0 Å². The fraction of sp³-hybridized carbons (Fsp3) is 0.263. The van der Waals surface area contributed by atoms with E-state index in [0.717, 1.165) is 17.0 Å². The molecule has 1 saturated heterocycles. The molecule has 29 heavy (non-hydrogen) atoms. The maximum atomic E-state index is 12.9. The Bertz CT molecular complexity index is 991. The Labute approximate surface area is 163 Å². The van der Waals surface area contributed by atoms with Crippen LogP contribution in [-0.2, 0) is 15.8 Å². The highest BCUT2D eigenvalue weighted by molar-refractivity contribution is 6.03. The molecule has 0 saturated carbocycles. The Kier molecular flexibility index (Phi) is 5.27. The van der Waals surface area contributed by atoms with E-state index in [1.54, 1.807) is 0 Å². The number of alkyl halides is 3. The average molecular weight is 407 g/mol. The molecule has 0 unspecified atom stereocenters. The standard InChI is InChI=1S/C19H16F3N3O4/c1-11-15(6-3-7-16(11)25(28)29)23-18(27)12-8-17(26)24(10-12)14-5-2-4-13(9-14)19(20,21)22/h2-7,9,12H,8,10H2,1H3,(H,23,27)/t12-/m1/s1. The molecule has 0 bridgehead atoms. The number of nitrogens with zero attached hydrogens (tertiary/aromatic N) is 2. The zero-order chi connectivity index (χ0) is 21.3. The average Bonchev–Trinajstić information content (AvgIpc) is 3.04. The molecule has 1 heterocycles. The Morgan fingerprint density at radius 2 is 1.93 bits per heavy atom. The van der Waals surface area contributed by atoms with Gasteiger partial charge in [-0.25, -0.2) is 0 Å². The Hall–Kier alpha value is -3.43. The smallest absolute Gasteiger partial charge is 0.325 e. The molecule has 0 aromatic heterocycles. The first-order valence-electron chi connectivity index (χ1n) is 8.60. The van der Waals surface area contributed by atoms with Gasteiger partial charge in [0.25, 0.3) is 5.69 Å². The molecule has 1 aliphatic rings. The van der Waals surface area contributed by atoms with Gasteiger partial charge in [0.2, 0.25) is 11.8 Å². The van der Waals surface area contributed by atoms with Crippen LogP contribution in [0.1, 0.15) is 17.5 Å². The quantitative estimate of drug-likeness (QED) is 0.614. The molecule has 152 valence electrons. The summed E-state index contributed by atoms with van der Waals surface area (Å²) in [6, 6.07) is 8.57. The molecule has 0 spiro atoms. The first kappa shape index (κ1) is 20.3. The highest BCUT2D eigenvalue weighted by Gasteiger charge is 2.37. The lowest BCUT2D eigenvalue weighted by molar-refractivity contribution is -0.385. The maximum absolute atomic E-state index is 12.9. The van der Waals surface area contributed by atoms with Crippen LogP contribution in [0.15, 0.2) is 42.5 Å². The normalized spacial score (nSPS) is 16.8. The van der Waals surface area contributed by atoms with Crippen LogP contribution in [0.3, 0.4) is 0 Å².